The van der Waals surface area contributed by atoms with Crippen LogP contribution in [0.15, 0.2) is 126 Å². The fourth-order valence-electron chi connectivity index (χ4n) is 5.48. The highest BCUT2D eigenvalue weighted by atomic mass is 16.7. The van der Waals surface area contributed by atoms with Crippen molar-refractivity contribution in [2.75, 3.05) is 25.6 Å². The number of hydrogen-bond donors (Lipinski definition) is 3. The van der Waals surface area contributed by atoms with Crippen molar-refractivity contribution in [2.45, 2.75) is 25.0 Å². The molecule has 2 aromatic heterocycles. The van der Waals surface area contributed by atoms with Gasteiger partial charge in [-0.25, -0.2) is 9.78 Å². The van der Waals surface area contributed by atoms with Gasteiger partial charge >= 0.3 is 6.16 Å². The molecule has 6 rings (SSSR count). The van der Waals surface area contributed by atoms with E-state index in [2.05, 4.69) is 15.3 Å². The molecule has 1 atom stereocenters. The van der Waals surface area contributed by atoms with Crippen LogP contribution in [-0.2, 0) is 33.1 Å². The van der Waals surface area contributed by atoms with Crippen LogP contribution in [0, 0.1) is 0 Å². The Hall–Kier alpha value is -5.98. The summed E-state index contributed by atoms with van der Waals surface area (Å²) in [6.45, 7) is -0.773. The summed E-state index contributed by atoms with van der Waals surface area (Å²) in [4.78, 5) is 37.3. The third-order valence-corrected chi connectivity index (χ3v) is 7.96. The van der Waals surface area contributed by atoms with Gasteiger partial charge in [-0.3, -0.25) is 14.3 Å². The SMILES string of the molecule is COc1ccc(C(Nc2nc3c(ncn3COC(CO)COC(=O)OCc3ccccc3)c(=O)[nH]2)(c2ccccc2)c2ccccc2)cc1. The number of nitrogens with one attached hydrogen (secondary N) is 2. The molecular formula is C37H35N5O7. The molecule has 0 aliphatic rings. The molecule has 12 heteroatoms. The highest BCUT2D eigenvalue weighted by Gasteiger charge is 2.37. The van der Waals surface area contributed by atoms with Crippen molar-refractivity contribution < 1.29 is 28.8 Å². The average Bonchev–Trinajstić information content (AvgIpc) is 3.57. The molecule has 0 fully saturated rings. The largest absolute Gasteiger partial charge is 0.508 e. The molecule has 49 heavy (non-hydrogen) atoms. The Morgan fingerprint density at radius 3 is 2.10 bits per heavy atom. The molecule has 0 bridgehead atoms. The van der Waals surface area contributed by atoms with Crippen LogP contribution in [0.2, 0.25) is 0 Å². The minimum Gasteiger partial charge on any atom is -0.497 e. The number of aliphatic hydroxyl groups excluding tert-OH is 1. The minimum absolute atomic E-state index is 0.0518. The number of imidazole rings is 1. The van der Waals surface area contributed by atoms with Crippen molar-refractivity contribution in [2.24, 2.45) is 0 Å². The van der Waals surface area contributed by atoms with Crippen LogP contribution in [0.3, 0.4) is 0 Å². The highest BCUT2D eigenvalue weighted by molar-refractivity contribution is 5.71. The van der Waals surface area contributed by atoms with Crippen LogP contribution in [0.5, 0.6) is 5.75 Å². The summed E-state index contributed by atoms with van der Waals surface area (Å²) < 4.78 is 23.1. The maximum absolute atomic E-state index is 13.3. The molecule has 12 nitrogen and oxygen atoms in total. The Morgan fingerprint density at radius 2 is 1.49 bits per heavy atom. The van der Waals surface area contributed by atoms with Gasteiger partial charge in [-0.1, -0.05) is 103 Å². The van der Waals surface area contributed by atoms with Gasteiger partial charge in [0.25, 0.3) is 5.56 Å². The molecule has 250 valence electrons. The molecule has 6 aromatic rings. The number of rotatable bonds is 14. The van der Waals surface area contributed by atoms with Crippen molar-refractivity contribution in [3.63, 3.8) is 0 Å². The van der Waals surface area contributed by atoms with Gasteiger partial charge < -0.3 is 29.4 Å². The average molecular weight is 662 g/mol. The molecule has 2 heterocycles. The van der Waals surface area contributed by atoms with E-state index < -0.39 is 30.0 Å². The molecule has 0 aliphatic carbocycles. The van der Waals surface area contributed by atoms with Gasteiger partial charge in [-0.2, -0.15) is 4.98 Å². The number of ether oxygens (including phenoxy) is 4. The minimum atomic E-state index is -0.992. The maximum Gasteiger partial charge on any atom is 0.508 e. The predicted octanol–water partition coefficient (Wildman–Crippen LogP) is 5.22. The molecule has 0 saturated heterocycles. The number of benzene rings is 4. The Balaban J connectivity index is 1.26. The van der Waals surface area contributed by atoms with Crippen molar-refractivity contribution in [3.8, 4) is 5.75 Å². The van der Waals surface area contributed by atoms with Gasteiger partial charge in [-0.05, 0) is 34.4 Å². The number of methoxy groups -OCH3 is 1. The molecule has 0 radical (unpaired) electrons. The molecule has 3 N–H and O–H groups in total. The van der Waals surface area contributed by atoms with Crippen LogP contribution in [0.4, 0.5) is 10.7 Å². The van der Waals surface area contributed by atoms with Crippen molar-refractivity contribution in [1.29, 1.82) is 0 Å². The summed E-state index contributed by atoms with van der Waals surface area (Å²) in [6, 6.07) is 36.6. The second-order valence-corrected chi connectivity index (χ2v) is 11.1. The monoisotopic (exact) mass is 661 g/mol. The van der Waals surface area contributed by atoms with E-state index in [1.807, 2.05) is 115 Å². The van der Waals surface area contributed by atoms with Crippen LogP contribution >= 0.6 is 0 Å². The highest BCUT2D eigenvalue weighted by Crippen LogP contribution is 2.40. The number of aromatic amines is 1. The zero-order valence-electron chi connectivity index (χ0n) is 26.7. The molecule has 4 aromatic carbocycles. The van der Waals surface area contributed by atoms with Gasteiger partial charge in [0.2, 0.25) is 5.95 Å². The van der Waals surface area contributed by atoms with E-state index in [-0.39, 0.29) is 37.1 Å². The number of carbonyl (C=O) groups excluding carboxylic acids is 1. The number of nitrogens with zero attached hydrogens (tertiary/aromatic N) is 3. The van der Waals surface area contributed by atoms with E-state index >= 15 is 0 Å². The Labute approximate surface area is 281 Å². The van der Waals surface area contributed by atoms with Crippen molar-refractivity contribution in [3.05, 3.63) is 154 Å². The van der Waals surface area contributed by atoms with Gasteiger partial charge in [0, 0.05) is 0 Å². The van der Waals surface area contributed by atoms with Gasteiger partial charge in [0.15, 0.2) is 11.2 Å². The Morgan fingerprint density at radius 1 is 0.878 bits per heavy atom. The molecule has 0 spiro atoms. The molecule has 0 saturated carbocycles. The van der Waals surface area contributed by atoms with Crippen LogP contribution in [0.1, 0.15) is 22.3 Å². The summed E-state index contributed by atoms with van der Waals surface area (Å²) in [7, 11) is 1.61. The lowest BCUT2D eigenvalue weighted by molar-refractivity contribution is -0.0623. The summed E-state index contributed by atoms with van der Waals surface area (Å²) in [6.07, 6.45) is -0.342. The zero-order valence-corrected chi connectivity index (χ0v) is 26.7. The number of aliphatic hydroxyl groups is 1. The summed E-state index contributed by atoms with van der Waals surface area (Å²) in [5.41, 5.74) is 2.39. The predicted molar refractivity (Wildman–Crippen MR) is 182 cm³/mol. The van der Waals surface area contributed by atoms with Gasteiger partial charge in [-0.15, -0.1) is 0 Å². The smallest absolute Gasteiger partial charge is 0.497 e. The van der Waals surface area contributed by atoms with Crippen molar-refractivity contribution in [1.82, 2.24) is 19.5 Å². The van der Waals surface area contributed by atoms with E-state index in [0.717, 1.165) is 22.3 Å². The number of carbonyl (C=O) groups is 1. The summed E-state index contributed by atoms with van der Waals surface area (Å²) >= 11 is 0. The number of hydrogen-bond acceptors (Lipinski definition) is 10. The van der Waals surface area contributed by atoms with E-state index in [4.69, 9.17) is 23.9 Å². The van der Waals surface area contributed by atoms with E-state index in [0.29, 0.717) is 5.75 Å². The van der Waals surface area contributed by atoms with E-state index in [1.54, 1.807) is 7.11 Å². The quantitative estimate of drug-likeness (QED) is 0.105. The first kappa shape index (κ1) is 32.9. The first-order valence-electron chi connectivity index (χ1n) is 15.5. The topological polar surface area (TPSA) is 150 Å². The van der Waals surface area contributed by atoms with Gasteiger partial charge in [0.1, 0.15) is 37.3 Å². The maximum atomic E-state index is 13.3. The number of H-pyrrole nitrogens is 1. The van der Waals surface area contributed by atoms with E-state index in [1.165, 1.54) is 10.9 Å². The third kappa shape index (κ3) is 7.45. The molecule has 0 aliphatic heterocycles. The number of anilines is 1. The van der Waals surface area contributed by atoms with E-state index in [9.17, 15) is 14.7 Å². The number of aromatic nitrogens is 4. The van der Waals surface area contributed by atoms with Crippen molar-refractivity contribution >= 4 is 23.3 Å². The molecular weight excluding hydrogens is 626 g/mol. The fourth-order valence-corrected chi connectivity index (χ4v) is 5.48. The van der Waals surface area contributed by atoms with Crippen LogP contribution in [0.25, 0.3) is 11.2 Å². The first-order valence-corrected chi connectivity index (χ1v) is 15.5. The fraction of sp³-hybridized carbons (Fsp3) is 0.189. The summed E-state index contributed by atoms with van der Waals surface area (Å²) in [5.74, 6) is 0.886. The summed E-state index contributed by atoms with van der Waals surface area (Å²) in [5, 5.41) is 13.5. The third-order valence-electron chi connectivity index (χ3n) is 7.96. The first-order chi connectivity index (χ1) is 24.0. The van der Waals surface area contributed by atoms with Gasteiger partial charge in [0.05, 0.1) is 20.0 Å². The Bertz CT molecular complexity index is 1980. The molecule has 1 unspecified atom stereocenters. The second kappa shape index (κ2) is 15.3. The molecule has 0 amide bonds. The van der Waals surface area contributed by atoms with Crippen LogP contribution in [-0.4, -0.2) is 57.2 Å². The lowest BCUT2D eigenvalue weighted by Gasteiger charge is -2.37. The Kier molecular flexibility index (Phi) is 10.3. The van der Waals surface area contributed by atoms with Crippen LogP contribution < -0.4 is 15.6 Å². The lowest BCUT2D eigenvalue weighted by Crippen LogP contribution is -2.39. The standard InChI is InChI=1S/C37H35N5O7/c1-46-30-19-17-29(18-20-30)37(27-13-7-3-8-14-27,28-15-9-4-10-16-28)41-35-39-33-32(34(44)40-35)38-24-42(33)25-49-31(21-43)23-48-36(45)47-22-26-11-5-2-6-12-26/h2-20,24,31,43H,21-23,25H2,1H3,(H2,39,40,41,44). The second-order valence-electron chi connectivity index (χ2n) is 11.1. The zero-order chi connectivity index (χ0) is 34.1. The number of fused-ring (bicyclic) bond motifs is 1. The lowest BCUT2D eigenvalue weighted by atomic mass is 9.77. The normalized spacial score (nSPS) is 12.0.